The number of hydrogen-bond acceptors (Lipinski definition) is 4. The Bertz CT molecular complexity index is 8090. The monoisotopic (exact) mass is 1850 g/mol. The first kappa shape index (κ1) is 95.3. The van der Waals surface area contributed by atoms with Crippen LogP contribution in [0.15, 0.2) is 170 Å². The third-order valence-corrected chi connectivity index (χ3v) is 30.8. The van der Waals surface area contributed by atoms with Crippen LogP contribution in [-0.2, 0) is 77.8 Å². The van der Waals surface area contributed by atoms with Gasteiger partial charge in [0.15, 0.2) is 0 Å². The molecule has 8 nitrogen and oxygen atoms in total. The normalized spacial score (nSPS) is 14.2. The summed E-state index contributed by atoms with van der Waals surface area (Å²) in [7, 11) is 0. The van der Waals surface area contributed by atoms with Crippen molar-refractivity contribution in [1.82, 2.24) is 39.9 Å². The van der Waals surface area contributed by atoms with E-state index < -0.39 is 0 Å². The Morgan fingerprint density at radius 1 is 0.200 bits per heavy atom. The topological polar surface area (TPSA) is 115 Å². The summed E-state index contributed by atoms with van der Waals surface area (Å²) in [6, 6.07) is 68.3. The Morgan fingerprint density at radius 3 is 0.829 bits per heavy atom. The van der Waals surface area contributed by atoms with Crippen LogP contribution in [0.1, 0.15) is 361 Å². The minimum Gasteiger partial charge on any atom is -0.354 e. The van der Waals surface area contributed by atoms with Crippen molar-refractivity contribution in [1.29, 1.82) is 0 Å². The fraction of sp³-hybridized carbons (Fsp3) is 0.379. The predicted octanol–water partition coefficient (Wildman–Crippen LogP) is 36.7. The molecule has 0 fully saturated rings. The van der Waals surface area contributed by atoms with Crippen LogP contribution in [0, 0.1) is 0 Å². The van der Waals surface area contributed by atoms with Crippen molar-refractivity contribution in [3.05, 3.63) is 282 Å². The van der Waals surface area contributed by atoms with Crippen LogP contribution in [0.3, 0.4) is 0 Å². The summed E-state index contributed by atoms with van der Waals surface area (Å²) in [5.74, 6) is 0. The fourth-order valence-electron chi connectivity index (χ4n) is 21.8. The summed E-state index contributed by atoms with van der Waals surface area (Å²) < 4.78 is 0. The maximum atomic E-state index is 6.83. The van der Waals surface area contributed by atoms with Crippen LogP contribution in [0.5, 0.6) is 0 Å². The van der Waals surface area contributed by atoms with Crippen molar-refractivity contribution in [2.75, 3.05) is 0 Å². The van der Waals surface area contributed by atoms with Gasteiger partial charge in [-0.2, -0.15) is 0 Å². The molecule has 0 spiro atoms. The van der Waals surface area contributed by atoms with E-state index in [9.17, 15) is 0 Å². The molecule has 140 heavy (non-hydrogen) atoms. The van der Waals surface area contributed by atoms with Crippen LogP contribution in [0.25, 0.3) is 190 Å². The second-order valence-electron chi connectivity index (χ2n) is 54.2. The summed E-state index contributed by atoms with van der Waals surface area (Å²) in [5.41, 5.74) is 44.9. The number of nitrogens with zero attached hydrogens (tertiary/aromatic N) is 4. The molecule has 3 aliphatic rings. The quantitative estimate of drug-likeness (QED) is 0.133. The Morgan fingerprint density at radius 2 is 0.486 bits per heavy atom. The molecule has 2 aliphatic heterocycles. The minimum atomic E-state index is -0.250. The summed E-state index contributed by atoms with van der Waals surface area (Å²) in [6.07, 6.45) is 10.5. The second kappa shape index (κ2) is 31.6. The zero-order valence-corrected chi connectivity index (χ0v) is 90.7. The molecule has 0 saturated heterocycles. The highest BCUT2D eigenvalue weighted by molar-refractivity contribution is 6.41. The van der Waals surface area contributed by atoms with Gasteiger partial charge >= 0.3 is 0 Å². The highest BCUT2D eigenvalue weighted by Gasteiger charge is 2.38. The molecule has 0 amide bonds. The van der Waals surface area contributed by atoms with E-state index in [0.29, 0.717) is 12.8 Å². The lowest BCUT2D eigenvalue weighted by Gasteiger charge is -2.26. The standard InChI is InChI=1S/C132H148N8/c1-121(2,3)79-49-73(50-80(63-79)122(4,5)6)105-95-41-43-99(133-95)107(75-53-83(125(13,14)15)65-84(54-75)126(16,17)18)103-69-91-92-70-104-108(76-55-85(127(19,20)21)66-86(56-76)128(22,23)24)100-44-42-96(134-100)106(74-51-81(123(7,8)9)64-82(52-74)124(10,11)12)98-46-48-102(136-98)110(78-59-89(131(31,32)33)68-90(60-78)132(34,35)36)118-94-62-72-40-38-37-39-71(72)61-93-111-112(94)120(140-118)114(116(92)138-104)113(115(91)137-103)119(111)139-117(93)109(101-47-45-97(105)135-101)77-57-87(129(25,26)27)67-88(58-77)130(28,29)30/h37-60,63-70,133,136,138-139H,61-62H2,1-36H3. The van der Waals surface area contributed by atoms with Gasteiger partial charge in [-0.05, 0) is 248 Å². The highest BCUT2D eigenvalue weighted by Crippen LogP contribution is 2.56. The maximum Gasteiger partial charge on any atom is 0.0821 e. The van der Waals surface area contributed by atoms with E-state index in [2.05, 4.69) is 458 Å². The van der Waals surface area contributed by atoms with Crippen LogP contribution in [0.2, 0.25) is 0 Å². The summed E-state index contributed by atoms with van der Waals surface area (Å²) >= 11 is 0. The molecule has 0 atom stereocenters. The molecule has 17 aromatic rings. The summed E-state index contributed by atoms with van der Waals surface area (Å²) in [6.45, 7) is 85.1. The van der Waals surface area contributed by atoms with E-state index in [0.717, 1.165) is 188 Å². The molecule has 8 aromatic heterocycles. The molecule has 0 saturated carbocycles. The van der Waals surface area contributed by atoms with Crippen molar-refractivity contribution in [2.45, 2.75) is 327 Å². The Hall–Kier alpha value is -12.3. The molecule has 716 valence electrons. The number of nitrogens with one attached hydrogen (secondary N) is 4. The molecule has 1 aliphatic carbocycles. The van der Waals surface area contributed by atoms with Gasteiger partial charge in [-0.15, -0.1) is 0 Å². The molecule has 10 heterocycles. The average Bonchev–Trinajstić information content (AvgIpc) is 1.51. The van der Waals surface area contributed by atoms with Crippen molar-refractivity contribution in [3.8, 4) is 66.8 Å². The number of hydrogen-bond donors (Lipinski definition) is 4. The van der Waals surface area contributed by atoms with Gasteiger partial charge in [0.1, 0.15) is 0 Å². The van der Waals surface area contributed by atoms with Gasteiger partial charge in [0.2, 0.25) is 0 Å². The zero-order valence-electron chi connectivity index (χ0n) is 90.7. The third kappa shape index (κ3) is 16.7. The maximum absolute atomic E-state index is 6.83. The largest absolute Gasteiger partial charge is 0.354 e. The molecular formula is C132H148N8. The fourth-order valence-corrected chi connectivity index (χ4v) is 21.8. The van der Waals surface area contributed by atoms with Gasteiger partial charge in [0, 0.05) is 106 Å². The Labute approximate surface area is 832 Å². The molecule has 8 heteroatoms. The van der Waals surface area contributed by atoms with Crippen molar-refractivity contribution >= 4 is 123 Å². The van der Waals surface area contributed by atoms with Gasteiger partial charge in [-0.25, -0.2) is 19.9 Å². The van der Waals surface area contributed by atoms with Gasteiger partial charge < -0.3 is 19.9 Å². The molecule has 16 bridgehead atoms. The molecule has 20 rings (SSSR count). The van der Waals surface area contributed by atoms with Crippen LogP contribution >= 0.6 is 0 Å². The molecular weight excluding hydrogens is 1700 g/mol. The molecule has 9 aromatic carbocycles. The lowest BCUT2D eigenvalue weighted by Crippen LogP contribution is -2.16. The highest BCUT2D eigenvalue weighted by atomic mass is 14.8. The number of benzene rings is 9. The number of H-pyrrole nitrogens is 4. The third-order valence-electron chi connectivity index (χ3n) is 30.8. The van der Waals surface area contributed by atoms with E-state index in [4.69, 9.17) is 24.9 Å². The first-order chi connectivity index (χ1) is 64.9. The van der Waals surface area contributed by atoms with Gasteiger partial charge in [0.05, 0.1) is 61.4 Å². The van der Waals surface area contributed by atoms with E-state index in [1.54, 1.807) is 0 Å². The average molecular weight is 1850 g/mol. The zero-order chi connectivity index (χ0) is 101. The number of fused-ring (bicyclic) bond motifs is 16. The Balaban J connectivity index is 1.14. The minimum absolute atomic E-state index is 0.200. The first-order valence-electron chi connectivity index (χ1n) is 51.5. The first-order valence-corrected chi connectivity index (χ1v) is 51.5. The van der Waals surface area contributed by atoms with E-state index in [1.807, 2.05) is 0 Å². The number of aromatic nitrogens is 8. The van der Waals surface area contributed by atoms with Gasteiger partial charge in [-0.3, -0.25) is 0 Å². The van der Waals surface area contributed by atoms with Gasteiger partial charge in [-0.1, -0.05) is 383 Å². The summed E-state index contributed by atoms with van der Waals surface area (Å²) in [5, 5.41) is 6.35. The predicted molar refractivity (Wildman–Crippen MR) is 606 cm³/mol. The van der Waals surface area contributed by atoms with Crippen LogP contribution in [-0.4, -0.2) is 39.9 Å². The number of aromatic amines is 4. The molecule has 0 unspecified atom stereocenters. The number of rotatable bonds is 6. The lowest BCUT2D eigenvalue weighted by molar-refractivity contribution is 0.568. The smallest absolute Gasteiger partial charge is 0.0821 e. The molecule has 4 N–H and O–H groups in total. The molecule has 0 radical (unpaired) electrons. The van der Waals surface area contributed by atoms with E-state index in [1.165, 1.54) is 89.0 Å². The van der Waals surface area contributed by atoms with E-state index in [-0.39, 0.29) is 65.0 Å². The SMILES string of the molecule is CC(C)(C)c1cc(-c2c3nc(c(-c4cc(C(C)(C)C)cc(C(C)(C)C)c4)c4[nH]c5c6c4Cc4ccccc4Cc4c7nc(c46)c4c6[nH]c(cc6c6cc(nc6c54)c(-c4cc(C(C)(C)C)cc(C(C)(C)C)c4)c4ccc2[nH]4)c(-c2cc(C(C)(C)C)cc(C(C)(C)C)c2)c2nc(c(-c4cc(C(C)(C)C)cc(C(C)(C)C)c4)c4ccc([nH]4)c7-c4cc(C(C)(C)C)cc(C(C)(C)C)c4)C=C2)C=C3)cc(C(C)(C)C)c1. The van der Waals surface area contributed by atoms with Crippen LogP contribution < -0.4 is 0 Å². The van der Waals surface area contributed by atoms with Crippen molar-refractivity contribution < 1.29 is 0 Å². The van der Waals surface area contributed by atoms with Crippen LogP contribution in [0.4, 0.5) is 0 Å². The van der Waals surface area contributed by atoms with Gasteiger partial charge in [0.25, 0.3) is 0 Å². The van der Waals surface area contributed by atoms with E-state index >= 15 is 0 Å². The van der Waals surface area contributed by atoms with Crippen molar-refractivity contribution in [3.63, 3.8) is 0 Å². The Kier molecular flexibility index (Phi) is 21.5. The second-order valence-corrected chi connectivity index (χ2v) is 54.2. The summed E-state index contributed by atoms with van der Waals surface area (Å²) in [4.78, 5) is 44.2. The van der Waals surface area contributed by atoms with Crippen molar-refractivity contribution in [2.24, 2.45) is 0 Å². The lowest BCUT2D eigenvalue weighted by atomic mass is 9.78.